The second kappa shape index (κ2) is 4.32. The van der Waals surface area contributed by atoms with E-state index in [1.807, 2.05) is 0 Å². The zero-order valence-corrected chi connectivity index (χ0v) is 13.8. The first-order chi connectivity index (χ1) is 11.2. The Balaban J connectivity index is 1.84. The Bertz CT molecular complexity index is 766. The third-order valence-electron chi connectivity index (χ3n) is 6.30. The summed E-state index contributed by atoms with van der Waals surface area (Å²) in [6.07, 6.45) is 6.53. The Labute approximate surface area is 136 Å². The Hall–Kier alpha value is -1.94. The van der Waals surface area contributed by atoms with Gasteiger partial charge in [0.2, 0.25) is 0 Å². The molecule has 2 aliphatic carbocycles. The van der Waals surface area contributed by atoms with Gasteiger partial charge in [-0.1, -0.05) is 12.1 Å². The van der Waals surface area contributed by atoms with Crippen molar-refractivity contribution in [2.24, 2.45) is 0 Å². The van der Waals surface area contributed by atoms with Crippen LogP contribution in [0.3, 0.4) is 0 Å². The second-order valence-corrected chi connectivity index (χ2v) is 7.10. The molecule has 23 heavy (non-hydrogen) atoms. The van der Waals surface area contributed by atoms with E-state index >= 15 is 0 Å². The standard InChI is InChI=1S/C19H21NO3/c1-20-9-8-19-12-5-7-15(22-3)18(19)23-17-14(21-2)6-4-11(16(17)19)10-13(12)20/h4-7,13,18H,8-10H2,1-3H3/p+1/t13-,18+,19?/m0/s1. The summed E-state index contributed by atoms with van der Waals surface area (Å²) in [4.78, 5) is 1.60. The highest BCUT2D eigenvalue weighted by molar-refractivity contribution is 5.67. The van der Waals surface area contributed by atoms with Crippen LogP contribution in [0.25, 0.3) is 0 Å². The molecule has 1 N–H and O–H groups in total. The van der Waals surface area contributed by atoms with Crippen LogP contribution in [0.5, 0.6) is 11.5 Å². The quantitative estimate of drug-likeness (QED) is 0.884. The monoisotopic (exact) mass is 312 g/mol. The van der Waals surface area contributed by atoms with E-state index in [1.54, 1.807) is 19.1 Å². The first-order valence-electron chi connectivity index (χ1n) is 8.36. The van der Waals surface area contributed by atoms with Crippen LogP contribution in [0.2, 0.25) is 0 Å². The van der Waals surface area contributed by atoms with Crippen molar-refractivity contribution in [3.63, 3.8) is 0 Å². The Morgan fingerprint density at radius 1 is 1.22 bits per heavy atom. The van der Waals surface area contributed by atoms with Gasteiger partial charge in [0, 0.05) is 24.0 Å². The van der Waals surface area contributed by atoms with Gasteiger partial charge in [0.25, 0.3) is 0 Å². The third kappa shape index (κ3) is 1.41. The molecule has 0 radical (unpaired) electrons. The lowest BCUT2D eigenvalue weighted by Gasteiger charge is -2.50. The van der Waals surface area contributed by atoms with Gasteiger partial charge in [-0.25, -0.2) is 0 Å². The number of nitrogens with one attached hydrogen (secondary N) is 1. The van der Waals surface area contributed by atoms with Crippen molar-refractivity contribution in [1.29, 1.82) is 0 Å². The van der Waals surface area contributed by atoms with Crippen molar-refractivity contribution in [2.45, 2.75) is 30.4 Å². The summed E-state index contributed by atoms with van der Waals surface area (Å²) in [5.41, 5.74) is 4.25. The van der Waals surface area contributed by atoms with E-state index in [4.69, 9.17) is 14.2 Å². The highest BCUT2D eigenvalue weighted by Crippen LogP contribution is 2.60. The van der Waals surface area contributed by atoms with E-state index in [-0.39, 0.29) is 11.5 Å². The van der Waals surface area contributed by atoms with Crippen molar-refractivity contribution in [3.05, 3.63) is 46.7 Å². The number of allylic oxidation sites excluding steroid dienone is 2. The molecule has 4 atom stereocenters. The number of methoxy groups -OCH3 is 2. The van der Waals surface area contributed by atoms with E-state index in [0.29, 0.717) is 6.04 Å². The second-order valence-electron chi connectivity index (χ2n) is 7.10. The highest BCUT2D eigenvalue weighted by atomic mass is 16.6. The molecule has 4 aliphatic rings. The summed E-state index contributed by atoms with van der Waals surface area (Å²) in [6.45, 7) is 1.16. The van der Waals surface area contributed by atoms with Crippen LogP contribution >= 0.6 is 0 Å². The molecule has 1 fully saturated rings. The maximum atomic E-state index is 6.47. The summed E-state index contributed by atoms with van der Waals surface area (Å²) in [7, 11) is 5.77. The number of likely N-dealkylation sites (tertiary alicyclic amines) is 1. The lowest BCUT2D eigenvalue weighted by atomic mass is 9.57. The fourth-order valence-corrected chi connectivity index (χ4v) is 5.24. The normalized spacial score (nSPS) is 35.7. The molecule has 4 heteroatoms. The van der Waals surface area contributed by atoms with Gasteiger partial charge in [0.05, 0.1) is 33.2 Å². The maximum absolute atomic E-state index is 6.47. The van der Waals surface area contributed by atoms with Crippen molar-refractivity contribution < 1.29 is 19.1 Å². The van der Waals surface area contributed by atoms with Crippen LogP contribution in [0.4, 0.5) is 0 Å². The fraction of sp³-hybridized carbons (Fsp3) is 0.474. The topological polar surface area (TPSA) is 32.1 Å². The molecular weight excluding hydrogens is 290 g/mol. The molecule has 5 rings (SSSR count). The van der Waals surface area contributed by atoms with Gasteiger partial charge in [-0.15, -0.1) is 0 Å². The van der Waals surface area contributed by atoms with Crippen LogP contribution in [-0.4, -0.2) is 40.0 Å². The first kappa shape index (κ1) is 13.5. The zero-order chi connectivity index (χ0) is 15.8. The minimum Gasteiger partial charge on any atom is -0.497 e. The van der Waals surface area contributed by atoms with Crippen molar-refractivity contribution in [2.75, 3.05) is 27.8 Å². The van der Waals surface area contributed by atoms with Gasteiger partial charge in [-0.3, -0.25) is 0 Å². The summed E-state index contributed by atoms with van der Waals surface area (Å²) >= 11 is 0. The number of quaternary nitrogens is 1. The van der Waals surface area contributed by atoms with E-state index in [1.165, 1.54) is 16.7 Å². The van der Waals surface area contributed by atoms with Crippen LogP contribution < -0.4 is 14.4 Å². The van der Waals surface area contributed by atoms with Gasteiger partial charge in [0.1, 0.15) is 11.8 Å². The summed E-state index contributed by atoms with van der Waals surface area (Å²) in [5.74, 6) is 2.70. The largest absolute Gasteiger partial charge is 0.497 e. The number of ether oxygens (including phenoxy) is 3. The Morgan fingerprint density at radius 2 is 2.09 bits per heavy atom. The maximum Gasteiger partial charge on any atom is 0.169 e. The molecule has 0 amide bonds. The minimum atomic E-state index is -0.0538. The molecule has 2 aliphatic heterocycles. The van der Waals surface area contributed by atoms with Gasteiger partial charge >= 0.3 is 0 Å². The predicted octanol–water partition coefficient (Wildman–Crippen LogP) is 1.01. The van der Waals surface area contributed by atoms with Gasteiger partial charge in [-0.05, 0) is 17.7 Å². The zero-order valence-electron chi connectivity index (χ0n) is 13.8. The molecule has 1 aromatic carbocycles. The highest BCUT2D eigenvalue weighted by Gasteiger charge is 2.63. The predicted molar refractivity (Wildman–Crippen MR) is 86.1 cm³/mol. The molecular formula is C19H22NO3+. The lowest BCUT2D eigenvalue weighted by Crippen LogP contribution is -3.15. The van der Waals surface area contributed by atoms with Crippen LogP contribution in [0, 0.1) is 0 Å². The smallest absolute Gasteiger partial charge is 0.169 e. The summed E-state index contributed by atoms with van der Waals surface area (Å²) in [6, 6.07) is 4.83. The van der Waals surface area contributed by atoms with Crippen molar-refractivity contribution in [3.8, 4) is 11.5 Å². The van der Waals surface area contributed by atoms with Crippen LogP contribution in [-0.2, 0) is 16.6 Å². The Morgan fingerprint density at radius 3 is 2.87 bits per heavy atom. The van der Waals surface area contributed by atoms with Crippen molar-refractivity contribution >= 4 is 0 Å². The molecule has 120 valence electrons. The molecule has 0 aromatic heterocycles. The van der Waals surface area contributed by atoms with E-state index < -0.39 is 0 Å². The van der Waals surface area contributed by atoms with Gasteiger partial charge in [-0.2, -0.15) is 0 Å². The van der Waals surface area contributed by atoms with Crippen LogP contribution in [0.1, 0.15) is 17.5 Å². The number of likely N-dealkylation sites (N-methyl/N-ethyl adjacent to an activating group) is 1. The van der Waals surface area contributed by atoms with Gasteiger partial charge < -0.3 is 19.1 Å². The molecule has 2 unspecified atom stereocenters. The van der Waals surface area contributed by atoms with E-state index in [9.17, 15) is 0 Å². The summed E-state index contributed by atoms with van der Waals surface area (Å²) in [5, 5.41) is 0. The molecule has 1 saturated heterocycles. The van der Waals surface area contributed by atoms with Gasteiger partial charge in [0.15, 0.2) is 17.6 Å². The Kier molecular flexibility index (Phi) is 2.54. The molecule has 4 nitrogen and oxygen atoms in total. The number of benzene rings is 1. The SMILES string of the molecule is COC1=CC=C2[C@@H]3Cc4ccc(OC)c5c4C2(CC[NH+]3C)[C@@H]1O5. The lowest BCUT2D eigenvalue weighted by molar-refractivity contribution is -0.906. The average Bonchev–Trinajstić information content (AvgIpc) is 2.92. The first-order valence-corrected chi connectivity index (χ1v) is 8.36. The van der Waals surface area contributed by atoms with E-state index in [2.05, 4.69) is 31.3 Å². The average molecular weight is 312 g/mol. The van der Waals surface area contributed by atoms with Crippen LogP contribution in [0.15, 0.2) is 35.6 Å². The molecule has 1 aromatic rings. The van der Waals surface area contributed by atoms with Crippen molar-refractivity contribution in [1.82, 2.24) is 0 Å². The molecule has 2 bridgehead atoms. The number of hydrogen-bond acceptors (Lipinski definition) is 3. The molecule has 1 spiro atoms. The number of piperidine rings is 1. The minimum absolute atomic E-state index is 0.0477. The van der Waals surface area contributed by atoms with E-state index in [0.717, 1.165) is 36.6 Å². The number of rotatable bonds is 2. The number of hydrogen-bond donors (Lipinski definition) is 1. The molecule has 0 saturated carbocycles. The molecule has 2 heterocycles. The summed E-state index contributed by atoms with van der Waals surface area (Å²) < 4.78 is 17.7. The third-order valence-corrected chi connectivity index (χ3v) is 6.30. The fourth-order valence-electron chi connectivity index (χ4n) is 5.24.